The lowest BCUT2D eigenvalue weighted by Gasteiger charge is -2.43. The van der Waals surface area contributed by atoms with Gasteiger partial charge in [-0.15, -0.1) is 0 Å². The van der Waals surface area contributed by atoms with Gasteiger partial charge in [-0.05, 0) is 83.5 Å². The van der Waals surface area contributed by atoms with E-state index >= 15 is 0 Å². The zero-order chi connectivity index (χ0) is 50.0. The third kappa shape index (κ3) is 29.6. The number of aliphatic hydroxyl groups excluding tert-OH is 4. The summed E-state index contributed by atoms with van der Waals surface area (Å²) in [7, 11) is -10.7. The van der Waals surface area contributed by atoms with Crippen molar-refractivity contribution in [1.29, 1.82) is 0 Å². The van der Waals surface area contributed by atoms with Crippen molar-refractivity contribution in [3.8, 4) is 0 Å². The average Bonchev–Trinajstić information content (AvgIpc) is 4.05. The summed E-state index contributed by atoms with van der Waals surface area (Å²) in [6.45, 7) is 2.91. The monoisotopic (exact) mass is 1000 g/mol. The highest BCUT2D eigenvalue weighted by Crippen LogP contribution is 2.49. The van der Waals surface area contributed by atoms with Crippen molar-refractivity contribution in [1.82, 2.24) is 0 Å². The number of carbonyl (C=O) groups is 2. The number of phosphoric ester groups is 2. The second-order valence-electron chi connectivity index (χ2n) is 17.2. The molecule has 0 aromatic rings. The van der Waals surface area contributed by atoms with Gasteiger partial charge in [-0.3, -0.25) is 23.2 Å². The summed E-state index contributed by atoms with van der Waals surface area (Å²) in [4.78, 5) is 54.4. The minimum atomic E-state index is -5.38. The molecule has 2 aliphatic rings. The van der Waals surface area contributed by atoms with Crippen molar-refractivity contribution in [2.24, 2.45) is 0 Å². The van der Waals surface area contributed by atoms with Gasteiger partial charge < -0.3 is 49.3 Å². The summed E-state index contributed by atoms with van der Waals surface area (Å²) >= 11 is 0. The minimum Gasteiger partial charge on any atom is -0.462 e. The smallest absolute Gasteiger partial charge is 0.462 e. The van der Waals surface area contributed by atoms with E-state index in [4.69, 9.17) is 23.3 Å². The quantitative estimate of drug-likeness (QED) is 0.00998. The molecule has 10 atom stereocenters. The first-order chi connectivity index (χ1) is 32.6. The number of esters is 2. The molecule has 0 amide bonds. The maximum atomic E-state index is 13.0. The van der Waals surface area contributed by atoms with Crippen LogP contribution in [0.4, 0.5) is 0 Å². The fraction of sp³-hybridized carbons (Fsp3) is 0.714. The average molecular weight is 1010 g/mol. The number of epoxide rings is 1. The van der Waals surface area contributed by atoms with Crippen LogP contribution in [0, 0.1) is 0 Å². The number of allylic oxidation sites excluding steroid dienone is 11. The van der Waals surface area contributed by atoms with Crippen molar-refractivity contribution < 1.29 is 81.6 Å². The van der Waals surface area contributed by atoms with Crippen LogP contribution in [-0.4, -0.2) is 115 Å². The number of ether oxygens (including phenoxy) is 3. The Morgan fingerprint density at radius 2 is 1.07 bits per heavy atom. The van der Waals surface area contributed by atoms with Gasteiger partial charge in [0, 0.05) is 12.8 Å². The second kappa shape index (κ2) is 36.3. The Kier molecular flexibility index (Phi) is 32.9. The van der Waals surface area contributed by atoms with Crippen molar-refractivity contribution in [2.75, 3.05) is 13.2 Å². The molecule has 19 heteroatoms. The van der Waals surface area contributed by atoms with Crippen LogP contribution >= 0.6 is 15.6 Å². The molecule has 1 saturated heterocycles. The van der Waals surface area contributed by atoms with E-state index in [0.29, 0.717) is 25.0 Å². The highest BCUT2D eigenvalue weighted by molar-refractivity contribution is 7.47. The van der Waals surface area contributed by atoms with Crippen LogP contribution in [0.5, 0.6) is 0 Å². The van der Waals surface area contributed by atoms with Crippen LogP contribution in [0.1, 0.15) is 155 Å². The van der Waals surface area contributed by atoms with E-state index < -0.39 is 83.5 Å². The van der Waals surface area contributed by atoms with Crippen LogP contribution in [0.3, 0.4) is 0 Å². The van der Waals surface area contributed by atoms with E-state index in [1.54, 1.807) is 0 Å². The lowest BCUT2D eigenvalue weighted by molar-refractivity contribution is -0.216. The maximum absolute atomic E-state index is 13.0. The van der Waals surface area contributed by atoms with Gasteiger partial charge in [0.25, 0.3) is 0 Å². The topological polar surface area (TPSA) is 269 Å². The summed E-state index contributed by atoms with van der Waals surface area (Å²) in [5, 5.41) is 41.3. The normalized spacial score (nSPS) is 24.8. The molecule has 68 heavy (non-hydrogen) atoms. The van der Waals surface area contributed by atoms with Crippen LogP contribution in [0.2, 0.25) is 0 Å². The lowest BCUT2D eigenvalue weighted by Crippen LogP contribution is -2.64. The molecular formula is C49H82O17P2. The van der Waals surface area contributed by atoms with Gasteiger partial charge in [-0.2, -0.15) is 0 Å². The highest BCUT2D eigenvalue weighted by Gasteiger charge is 2.54. The molecule has 1 aliphatic carbocycles. The maximum Gasteiger partial charge on any atom is 0.472 e. The molecular weight excluding hydrogens is 922 g/mol. The first-order valence-corrected chi connectivity index (χ1v) is 27.6. The molecule has 0 aromatic heterocycles. The summed E-state index contributed by atoms with van der Waals surface area (Å²) in [5.74, 6) is -1.27. The van der Waals surface area contributed by atoms with E-state index in [1.165, 1.54) is 19.3 Å². The standard InChI is InChI=1S/C49H82O17P2/c1-3-5-7-9-11-12-13-14-15-16-17-18-19-20-21-22-23-27-31-35-42(50)61-37-39(38-62-68(59,60)66-49-46(54)44(52)45(53)48(47(49)55)65-67(56,57)58)63-43(51)36-32-28-24-26-30-34-41-40(64-41)33-29-25-10-8-6-4-2/h5,7,11-12,14-15,17-18,20-21,25,29,39-41,44-49,52-55H,3-4,6,8-10,13,16,19,22-24,26-28,30-38H2,1-2H3,(H,59,60)(H2,56,57,58)/b7-5-,12-11-,15-14-,18-17-,21-20-,29-25-/t39-,40?,41?,44?,45?,46?,47?,48-,49+/m1/s1. The first kappa shape index (κ1) is 61.5. The predicted octanol–water partition coefficient (Wildman–Crippen LogP) is 8.61. The van der Waals surface area contributed by atoms with Crippen LogP contribution < -0.4 is 0 Å². The largest absolute Gasteiger partial charge is 0.472 e. The molecule has 1 heterocycles. The number of phosphoric acid groups is 2. The number of rotatable bonds is 39. The summed E-state index contributed by atoms with van der Waals surface area (Å²) < 4.78 is 55.2. The van der Waals surface area contributed by atoms with E-state index in [2.05, 4.69) is 91.3 Å². The number of carbonyl (C=O) groups excluding carboxylic acids is 2. The van der Waals surface area contributed by atoms with E-state index in [-0.39, 0.29) is 12.8 Å². The molecule has 17 nitrogen and oxygen atoms in total. The van der Waals surface area contributed by atoms with Crippen LogP contribution in [-0.2, 0) is 46.5 Å². The fourth-order valence-corrected chi connectivity index (χ4v) is 8.83. The number of hydrogen-bond acceptors (Lipinski definition) is 14. The zero-order valence-corrected chi connectivity index (χ0v) is 42.0. The van der Waals surface area contributed by atoms with Crippen LogP contribution in [0.25, 0.3) is 0 Å². The number of hydrogen-bond donors (Lipinski definition) is 7. The SMILES string of the molecule is CC/C=C\C/C=C\C/C=C\C/C=C\C/C=C\CCCCCC(=O)OC[C@H](COP(=O)(O)O[C@H]1C(O)C(O)C(O)[C@@H](OP(=O)(O)O)C1O)OC(=O)CCCCCCCC1OC1C/C=C\CCCCC. The van der Waals surface area contributed by atoms with Crippen molar-refractivity contribution in [3.05, 3.63) is 72.9 Å². The van der Waals surface area contributed by atoms with Gasteiger partial charge >= 0.3 is 27.6 Å². The molecule has 1 aliphatic heterocycles. The highest BCUT2D eigenvalue weighted by atomic mass is 31.2. The molecule has 7 N–H and O–H groups in total. The number of unbranched alkanes of at least 4 members (excludes halogenated alkanes) is 10. The predicted molar refractivity (Wildman–Crippen MR) is 259 cm³/mol. The third-order valence-electron chi connectivity index (χ3n) is 11.2. The summed E-state index contributed by atoms with van der Waals surface area (Å²) in [6.07, 6.45) is 30.1. The van der Waals surface area contributed by atoms with Gasteiger partial charge in [0.05, 0.1) is 18.8 Å². The molecule has 0 spiro atoms. The van der Waals surface area contributed by atoms with Crippen molar-refractivity contribution in [2.45, 2.75) is 210 Å². The molecule has 0 radical (unpaired) electrons. The van der Waals surface area contributed by atoms with Crippen molar-refractivity contribution >= 4 is 27.6 Å². The second-order valence-corrected chi connectivity index (χ2v) is 19.8. The molecule has 0 aromatic carbocycles. The van der Waals surface area contributed by atoms with Gasteiger partial charge in [0.2, 0.25) is 0 Å². The van der Waals surface area contributed by atoms with Gasteiger partial charge in [-0.25, -0.2) is 9.13 Å². The minimum absolute atomic E-state index is 0.00958. The Morgan fingerprint density at radius 3 is 1.68 bits per heavy atom. The third-order valence-corrected chi connectivity index (χ3v) is 12.7. The lowest BCUT2D eigenvalue weighted by atomic mass is 9.85. The molecule has 0 bridgehead atoms. The Labute approximate surface area is 404 Å². The Bertz CT molecular complexity index is 1660. The van der Waals surface area contributed by atoms with Gasteiger partial charge in [0.1, 0.15) is 43.2 Å². The Morgan fingerprint density at radius 1 is 0.559 bits per heavy atom. The number of aliphatic hydroxyl groups is 4. The molecule has 7 unspecified atom stereocenters. The van der Waals surface area contributed by atoms with E-state index in [9.17, 15) is 53.8 Å². The van der Waals surface area contributed by atoms with Gasteiger partial charge in [0.15, 0.2) is 6.10 Å². The summed E-state index contributed by atoms with van der Waals surface area (Å²) in [6, 6.07) is 0. The molecule has 2 rings (SSSR count). The molecule has 1 saturated carbocycles. The molecule has 2 fully saturated rings. The Hall–Kier alpha value is -2.60. The van der Waals surface area contributed by atoms with E-state index in [1.807, 2.05) is 0 Å². The summed E-state index contributed by atoms with van der Waals surface area (Å²) in [5.41, 5.74) is 0. The first-order valence-electron chi connectivity index (χ1n) is 24.6. The fourth-order valence-electron chi connectivity index (χ4n) is 7.29. The Balaban J connectivity index is 1.80. The van der Waals surface area contributed by atoms with E-state index in [0.717, 1.165) is 96.3 Å². The molecule has 390 valence electrons. The van der Waals surface area contributed by atoms with Gasteiger partial charge in [-0.1, -0.05) is 132 Å². The van der Waals surface area contributed by atoms with Crippen molar-refractivity contribution in [3.63, 3.8) is 0 Å². The zero-order valence-electron chi connectivity index (χ0n) is 40.2. The van der Waals surface area contributed by atoms with Crippen LogP contribution in [0.15, 0.2) is 72.9 Å².